The van der Waals surface area contributed by atoms with E-state index in [1.807, 2.05) is 6.07 Å². The summed E-state index contributed by atoms with van der Waals surface area (Å²) in [5, 5.41) is 5.53. The molecule has 2 aromatic rings. The standard InChI is InChI=1S/C12H9N3O2/c16-12-8-9(10-4-3-7-17-10)14-15(12)11-5-1-2-6-13-11/h1-7H,8H2. The minimum Gasteiger partial charge on any atom is -0.463 e. The fourth-order valence-electron chi connectivity index (χ4n) is 1.67. The number of aromatic nitrogens is 1. The van der Waals surface area contributed by atoms with Crippen LogP contribution in [0.3, 0.4) is 0 Å². The normalized spacial score (nSPS) is 15.2. The van der Waals surface area contributed by atoms with Crippen LogP contribution in [0, 0.1) is 0 Å². The second-order valence-electron chi connectivity index (χ2n) is 3.59. The first-order valence-electron chi connectivity index (χ1n) is 5.20. The van der Waals surface area contributed by atoms with Crippen molar-refractivity contribution >= 4 is 17.4 Å². The number of rotatable bonds is 2. The maximum atomic E-state index is 11.8. The van der Waals surface area contributed by atoms with Crippen LogP contribution < -0.4 is 5.01 Å². The van der Waals surface area contributed by atoms with Gasteiger partial charge < -0.3 is 4.42 Å². The molecule has 84 valence electrons. The van der Waals surface area contributed by atoms with E-state index in [2.05, 4.69) is 10.1 Å². The van der Waals surface area contributed by atoms with Gasteiger partial charge in [0.15, 0.2) is 5.82 Å². The molecule has 0 aliphatic carbocycles. The Kier molecular flexibility index (Phi) is 2.22. The Balaban J connectivity index is 1.95. The van der Waals surface area contributed by atoms with E-state index in [0.29, 0.717) is 17.3 Å². The molecule has 0 fully saturated rings. The quantitative estimate of drug-likeness (QED) is 0.786. The Morgan fingerprint density at radius 3 is 2.88 bits per heavy atom. The van der Waals surface area contributed by atoms with E-state index in [1.165, 1.54) is 5.01 Å². The lowest BCUT2D eigenvalue weighted by molar-refractivity contribution is -0.116. The Morgan fingerprint density at radius 2 is 2.18 bits per heavy atom. The van der Waals surface area contributed by atoms with Crippen LogP contribution >= 0.6 is 0 Å². The smallest absolute Gasteiger partial charge is 0.255 e. The van der Waals surface area contributed by atoms with E-state index in [-0.39, 0.29) is 12.3 Å². The Hall–Kier alpha value is -2.43. The van der Waals surface area contributed by atoms with E-state index >= 15 is 0 Å². The third kappa shape index (κ3) is 1.71. The Bertz CT molecular complexity index is 561. The van der Waals surface area contributed by atoms with Gasteiger partial charge in [-0.1, -0.05) is 6.07 Å². The predicted molar refractivity (Wildman–Crippen MR) is 61.6 cm³/mol. The molecule has 2 aromatic heterocycles. The van der Waals surface area contributed by atoms with Crippen molar-refractivity contribution in [2.45, 2.75) is 6.42 Å². The second-order valence-corrected chi connectivity index (χ2v) is 3.59. The molecule has 5 heteroatoms. The van der Waals surface area contributed by atoms with E-state index in [1.54, 1.807) is 36.7 Å². The van der Waals surface area contributed by atoms with Crippen LogP contribution in [0.25, 0.3) is 0 Å². The lowest BCUT2D eigenvalue weighted by Crippen LogP contribution is -2.20. The van der Waals surface area contributed by atoms with Gasteiger partial charge in [-0.3, -0.25) is 4.79 Å². The predicted octanol–water partition coefficient (Wildman–Crippen LogP) is 1.82. The zero-order valence-corrected chi connectivity index (χ0v) is 8.91. The van der Waals surface area contributed by atoms with Gasteiger partial charge in [-0.15, -0.1) is 0 Å². The van der Waals surface area contributed by atoms with Crippen LogP contribution in [0.5, 0.6) is 0 Å². The van der Waals surface area contributed by atoms with Crippen molar-refractivity contribution in [3.05, 3.63) is 48.6 Å². The number of amides is 1. The number of anilines is 1. The third-order valence-corrected chi connectivity index (χ3v) is 2.45. The molecule has 3 rings (SSSR count). The van der Waals surface area contributed by atoms with Crippen molar-refractivity contribution in [1.82, 2.24) is 4.98 Å². The molecular formula is C12H9N3O2. The Morgan fingerprint density at radius 1 is 1.24 bits per heavy atom. The van der Waals surface area contributed by atoms with Gasteiger partial charge in [0.2, 0.25) is 0 Å². The maximum Gasteiger partial charge on any atom is 0.255 e. The minimum absolute atomic E-state index is 0.102. The summed E-state index contributed by atoms with van der Waals surface area (Å²) in [7, 11) is 0. The van der Waals surface area contributed by atoms with Crippen LogP contribution in [0.4, 0.5) is 5.82 Å². The highest BCUT2D eigenvalue weighted by Crippen LogP contribution is 2.20. The number of hydrazone groups is 1. The minimum atomic E-state index is -0.102. The number of nitrogens with zero attached hydrogens (tertiary/aromatic N) is 3. The van der Waals surface area contributed by atoms with Gasteiger partial charge in [-0.05, 0) is 24.3 Å². The molecule has 0 N–H and O–H groups in total. The van der Waals surface area contributed by atoms with Crippen molar-refractivity contribution in [3.63, 3.8) is 0 Å². The molecule has 0 bridgehead atoms. The summed E-state index contributed by atoms with van der Waals surface area (Å²) >= 11 is 0. The largest absolute Gasteiger partial charge is 0.463 e. The maximum absolute atomic E-state index is 11.8. The fourth-order valence-corrected chi connectivity index (χ4v) is 1.67. The summed E-state index contributed by atoms with van der Waals surface area (Å²) in [6.07, 6.45) is 3.43. The van der Waals surface area contributed by atoms with Crippen molar-refractivity contribution in [3.8, 4) is 0 Å². The summed E-state index contributed by atoms with van der Waals surface area (Å²) in [6.45, 7) is 0. The van der Waals surface area contributed by atoms with Gasteiger partial charge in [-0.2, -0.15) is 10.1 Å². The number of hydrogen-bond acceptors (Lipinski definition) is 4. The van der Waals surface area contributed by atoms with E-state index in [9.17, 15) is 4.79 Å². The monoisotopic (exact) mass is 227 g/mol. The molecule has 17 heavy (non-hydrogen) atoms. The third-order valence-electron chi connectivity index (χ3n) is 2.45. The van der Waals surface area contributed by atoms with Gasteiger partial charge in [0, 0.05) is 6.20 Å². The van der Waals surface area contributed by atoms with Crippen LogP contribution in [0.1, 0.15) is 12.2 Å². The number of hydrogen-bond donors (Lipinski definition) is 0. The van der Waals surface area contributed by atoms with Gasteiger partial charge in [0.05, 0.1) is 12.7 Å². The number of carbonyl (C=O) groups is 1. The van der Waals surface area contributed by atoms with Gasteiger partial charge >= 0.3 is 0 Å². The SMILES string of the molecule is O=C1CC(c2ccco2)=NN1c1ccccn1. The van der Waals surface area contributed by atoms with Crippen LogP contribution in [0.15, 0.2) is 52.3 Å². The van der Waals surface area contributed by atoms with Gasteiger partial charge in [-0.25, -0.2) is 4.98 Å². The molecule has 1 amide bonds. The average Bonchev–Trinajstić information content (AvgIpc) is 2.99. The van der Waals surface area contributed by atoms with E-state index in [4.69, 9.17) is 4.42 Å². The molecule has 3 heterocycles. The van der Waals surface area contributed by atoms with Crippen LogP contribution in [0.2, 0.25) is 0 Å². The number of furan rings is 1. The molecule has 0 unspecified atom stereocenters. The lowest BCUT2D eigenvalue weighted by atomic mass is 10.2. The summed E-state index contributed by atoms with van der Waals surface area (Å²) in [5.41, 5.74) is 0.630. The Labute approximate surface area is 97.4 Å². The summed E-state index contributed by atoms with van der Waals surface area (Å²) in [5.74, 6) is 1.05. The average molecular weight is 227 g/mol. The van der Waals surface area contributed by atoms with E-state index in [0.717, 1.165) is 0 Å². The van der Waals surface area contributed by atoms with Crippen molar-refractivity contribution in [2.24, 2.45) is 5.10 Å². The molecule has 0 saturated carbocycles. The van der Waals surface area contributed by atoms with Gasteiger partial charge in [0.1, 0.15) is 11.5 Å². The van der Waals surface area contributed by atoms with Crippen molar-refractivity contribution in [2.75, 3.05) is 5.01 Å². The zero-order chi connectivity index (χ0) is 11.7. The fraction of sp³-hybridized carbons (Fsp3) is 0.0833. The highest BCUT2D eigenvalue weighted by Gasteiger charge is 2.27. The lowest BCUT2D eigenvalue weighted by Gasteiger charge is -2.08. The second kappa shape index (κ2) is 3.86. The summed E-state index contributed by atoms with van der Waals surface area (Å²) in [6, 6.07) is 8.91. The first kappa shape index (κ1) is 9.77. The zero-order valence-electron chi connectivity index (χ0n) is 8.91. The first-order valence-corrected chi connectivity index (χ1v) is 5.20. The molecule has 1 aliphatic rings. The molecular weight excluding hydrogens is 218 g/mol. The highest BCUT2D eigenvalue weighted by atomic mass is 16.3. The topological polar surface area (TPSA) is 58.7 Å². The summed E-state index contributed by atoms with van der Waals surface area (Å²) in [4.78, 5) is 15.9. The van der Waals surface area contributed by atoms with Crippen molar-refractivity contribution in [1.29, 1.82) is 0 Å². The highest BCUT2D eigenvalue weighted by molar-refractivity contribution is 6.17. The number of carbonyl (C=O) groups excluding carboxylic acids is 1. The van der Waals surface area contributed by atoms with E-state index < -0.39 is 0 Å². The molecule has 0 saturated heterocycles. The van der Waals surface area contributed by atoms with Crippen LogP contribution in [-0.4, -0.2) is 16.6 Å². The van der Waals surface area contributed by atoms with Crippen molar-refractivity contribution < 1.29 is 9.21 Å². The molecule has 1 aliphatic heterocycles. The molecule has 0 aromatic carbocycles. The molecule has 0 atom stereocenters. The number of pyridine rings is 1. The first-order chi connectivity index (χ1) is 8.34. The molecule has 0 radical (unpaired) electrons. The molecule has 0 spiro atoms. The molecule has 5 nitrogen and oxygen atoms in total. The van der Waals surface area contributed by atoms with Crippen LogP contribution in [-0.2, 0) is 4.79 Å². The summed E-state index contributed by atoms with van der Waals surface area (Å²) < 4.78 is 5.22. The van der Waals surface area contributed by atoms with Gasteiger partial charge in [0.25, 0.3) is 5.91 Å².